The van der Waals surface area contributed by atoms with Gasteiger partial charge in [-0.05, 0) is 31.5 Å². The van der Waals surface area contributed by atoms with Crippen molar-refractivity contribution in [2.75, 3.05) is 4.90 Å². The van der Waals surface area contributed by atoms with E-state index in [2.05, 4.69) is 9.97 Å². The van der Waals surface area contributed by atoms with Crippen LogP contribution in [-0.4, -0.2) is 31.2 Å². The van der Waals surface area contributed by atoms with Crippen molar-refractivity contribution < 1.29 is 19.1 Å². The maximum absolute atomic E-state index is 14.9. The van der Waals surface area contributed by atoms with E-state index in [1.54, 1.807) is 29.0 Å². The highest BCUT2D eigenvalue weighted by atomic mass is 32.1. The van der Waals surface area contributed by atoms with Gasteiger partial charge in [0.1, 0.15) is 23.2 Å². The standard InChI is InChI=1S/C23H17FN4O3S/c1-12-6-5-10-27-13(2)17(26-21(12)27)19(29)16-18(14-7-3-4-8-15(14)24)28(22(31)20(16)30)23-25-9-11-32-23/h3-11,18,29H,1-2H3/b19-16+. The molecular weight excluding hydrogens is 431 g/mol. The number of imidazole rings is 1. The first-order valence-electron chi connectivity index (χ1n) is 9.79. The number of anilines is 1. The minimum absolute atomic E-state index is 0.0843. The predicted octanol–water partition coefficient (Wildman–Crippen LogP) is 4.17. The van der Waals surface area contributed by atoms with Crippen LogP contribution in [0.15, 0.2) is 59.7 Å². The Kier molecular flexibility index (Phi) is 4.63. The van der Waals surface area contributed by atoms with E-state index in [-0.39, 0.29) is 22.0 Å². The third kappa shape index (κ3) is 2.85. The number of hydrogen-bond acceptors (Lipinski definition) is 6. The third-order valence-electron chi connectivity index (χ3n) is 5.58. The Morgan fingerprint density at radius 3 is 2.62 bits per heavy atom. The Hall–Kier alpha value is -3.85. The number of halogens is 1. The molecule has 160 valence electrons. The summed E-state index contributed by atoms with van der Waals surface area (Å²) in [5.41, 5.74) is 2.11. The number of benzene rings is 1. The molecule has 1 N–H and O–H groups in total. The fourth-order valence-electron chi connectivity index (χ4n) is 4.03. The Morgan fingerprint density at radius 2 is 1.94 bits per heavy atom. The summed E-state index contributed by atoms with van der Waals surface area (Å²) >= 11 is 1.14. The molecule has 0 radical (unpaired) electrons. The number of nitrogens with zero attached hydrogens (tertiary/aromatic N) is 4. The van der Waals surface area contributed by atoms with Crippen molar-refractivity contribution in [2.24, 2.45) is 0 Å². The molecule has 7 nitrogen and oxygen atoms in total. The molecule has 1 saturated heterocycles. The maximum Gasteiger partial charge on any atom is 0.301 e. The fourth-order valence-corrected chi connectivity index (χ4v) is 4.70. The molecule has 1 aliphatic rings. The van der Waals surface area contributed by atoms with E-state index in [0.717, 1.165) is 21.8 Å². The van der Waals surface area contributed by atoms with E-state index in [1.807, 2.05) is 19.1 Å². The number of ketones is 1. The van der Waals surface area contributed by atoms with E-state index in [1.165, 1.54) is 24.4 Å². The molecular formula is C23H17FN4O3S. The predicted molar refractivity (Wildman–Crippen MR) is 118 cm³/mol. The molecule has 0 spiro atoms. The second kappa shape index (κ2) is 7.38. The average molecular weight is 448 g/mol. The summed E-state index contributed by atoms with van der Waals surface area (Å²) in [6.45, 7) is 3.63. The van der Waals surface area contributed by atoms with E-state index >= 15 is 0 Å². The summed E-state index contributed by atoms with van der Waals surface area (Å²) in [5.74, 6) is -2.85. The van der Waals surface area contributed by atoms with Gasteiger partial charge in [0.2, 0.25) is 0 Å². The number of thiazole rings is 1. The van der Waals surface area contributed by atoms with Gasteiger partial charge < -0.3 is 9.51 Å². The highest BCUT2D eigenvalue weighted by Crippen LogP contribution is 2.43. The summed E-state index contributed by atoms with van der Waals surface area (Å²) in [7, 11) is 0. The first-order valence-corrected chi connectivity index (χ1v) is 10.7. The molecule has 9 heteroatoms. The molecule has 5 rings (SSSR count). The first kappa shape index (κ1) is 20.1. The van der Waals surface area contributed by atoms with Crippen LogP contribution in [0.25, 0.3) is 11.4 Å². The second-order valence-corrected chi connectivity index (χ2v) is 8.31. The number of pyridine rings is 1. The van der Waals surface area contributed by atoms with Crippen molar-refractivity contribution in [1.82, 2.24) is 14.4 Å². The molecule has 1 aromatic carbocycles. The molecule has 1 atom stereocenters. The van der Waals surface area contributed by atoms with Crippen LogP contribution in [0.1, 0.15) is 28.6 Å². The van der Waals surface area contributed by atoms with Crippen molar-refractivity contribution in [2.45, 2.75) is 19.9 Å². The molecule has 4 aromatic rings. The highest BCUT2D eigenvalue weighted by Gasteiger charge is 2.49. The number of rotatable bonds is 3. The normalized spacial score (nSPS) is 18.1. The minimum Gasteiger partial charge on any atom is -0.505 e. The monoisotopic (exact) mass is 448 g/mol. The van der Waals surface area contributed by atoms with Crippen LogP contribution in [0.5, 0.6) is 0 Å². The molecule has 1 amide bonds. The second-order valence-electron chi connectivity index (χ2n) is 7.44. The van der Waals surface area contributed by atoms with Crippen LogP contribution in [0.3, 0.4) is 0 Å². The average Bonchev–Trinajstić information content (AvgIpc) is 3.48. The molecule has 1 unspecified atom stereocenters. The number of aliphatic hydroxyl groups is 1. The Labute approximate surface area is 186 Å². The van der Waals surface area contributed by atoms with Gasteiger partial charge in [0.25, 0.3) is 5.78 Å². The van der Waals surface area contributed by atoms with E-state index in [9.17, 15) is 19.1 Å². The van der Waals surface area contributed by atoms with Crippen molar-refractivity contribution >= 4 is 39.6 Å². The number of amides is 1. The number of aliphatic hydroxyl groups excluding tert-OH is 1. The number of Topliss-reactive ketones (excluding diaryl/α,β-unsaturated/α-hetero) is 1. The van der Waals surface area contributed by atoms with E-state index in [0.29, 0.717) is 11.3 Å². The van der Waals surface area contributed by atoms with Crippen molar-refractivity contribution in [3.05, 3.63) is 88.1 Å². The lowest BCUT2D eigenvalue weighted by molar-refractivity contribution is -0.132. The fraction of sp³-hybridized carbons (Fsp3) is 0.130. The Bertz CT molecular complexity index is 1420. The largest absolute Gasteiger partial charge is 0.505 e. The topological polar surface area (TPSA) is 87.8 Å². The molecule has 4 heterocycles. The Balaban J connectivity index is 1.79. The minimum atomic E-state index is -1.17. The Morgan fingerprint density at radius 1 is 1.16 bits per heavy atom. The van der Waals surface area contributed by atoms with Gasteiger partial charge in [-0.15, -0.1) is 11.3 Å². The SMILES string of the molecule is Cc1cccn2c(C)c(/C(O)=C3\C(=O)C(=O)N(c4nccs4)C3c3ccccc3F)nc12. The molecule has 1 fully saturated rings. The zero-order chi connectivity index (χ0) is 22.6. The maximum atomic E-state index is 14.9. The van der Waals surface area contributed by atoms with Gasteiger partial charge in [0.05, 0.1) is 11.3 Å². The number of aromatic nitrogens is 3. The van der Waals surface area contributed by atoms with E-state index < -0.39 is 29.3 Å². The van der Waals surface area contributed by atoms with Gasteiger partial charge in [-0.3, -0.25) is 14.5 Å². The number of hydrogen-bond donors (Lipinski definition) is 1. The van der Waals surface area contributed by atoms with Gasteiger partial charge in [0.15, 0.2) is 10.9 Å². The number of aryl methyl sites for hydroxylation is 2. The van der Waals surface area contributed by atoms with Gasteiger partial charge in [-0.1, -0.05) is 24.3 Å². The van der Waals surface area contributed by atoms with Crippen LogP contribution in [0.4, 0.5) is 9.52 Å². The molecule has 32 heavy (non-hydrogen) atoms. The smallest absolute Gasteiger partial charge is 0.301 e. The summed E-state index contributed by atoms with van der Waals surface area (Å²) in [6.07, 6.45) is 3.29. The third-order valence-corrected chi connectivity index (χ3v) is 6.35. The molecule has 1 aliphatic heterocycles. The lowest BCUT2D eigenvalue weighted by Crippen LogP contribution is -2.29. The molecule has 0 saturated carbocycles. The lowest BCUT2D eigenvalue weighted by atomic mass is 9.96. The molecule has 3 aromatic heterocycles. The number of carbonyl (C=O) groups excluding carboxylic acids is 2. The molecule has 0 bridgehead atoms. The van der Waals surface area contributed by atoms with Crippen molar-refractivity contribution in [3.8, 4) is 0 Å². The number of fused-ring (bicyclic) bond motifs is 1. The van der Waals surface area contributed by atoms with Crippen LogP contribution >= 0.6 is 11.3 Å². The zero-order valence-electron chi connectivity index (χ0n) is 17.1. The van der Waals surface area contributed by atoms with Gasteiger partial charge in [-0.25, -0.2) is 14.4 Å². The van der Waals surface area contributed by atoms with Crippen molar-refractivity contribution in [1.29, 1.82) is 0 Å². The van der Waals surface area contributed by atoms with Crippen LogP contribution < -0.4 is 4.90 Å². The highest BCUT2D eigenvalue weighted by molar-refractivity contribution is 7.14. The molecule has 0 aliphatic carbocycles. The van der Waals surface area contributed by atoms with Gasteiger partial charge >= 0.3 is 5.91 Å². The summed E-state index contributed by atoms with van der Waals surface area (Å²) in [4.78, 5) is 35.9. The first-order chi connectivity index (χ1) is 15.4. The van der Waals surface area contributed by atoms with E-state index in [4.69, 9.17) is 0 Å². The summed E-state index contributed by atoms with van der Waals surface area (Å²) in [6, 6.07) is 8.42. The zero-order valence-corrected chi connectivity index (χ0v) is 17.9. The lowest BCUT2D eigenvalue weighted by Gasteiger charge is -2.23. The number of carbonyl (C=O) groups is 2. The quantitative estimate of drug-likeness (QED) is 0.289. The van der Waals surface area contributed by atoms with Gasteiger partial charge in [-0.2, -0.15) is 0 Å². The summed E-state index contributed by atoms with van der Waals surface area (Å²) < 4.78 is 16.7. The van der Waals surface area contributed by atoms with Crippen molar-refractivity contribution in [3.63, 3.8) is 0 Å². The van der Waals surface area contributed by atoms with Crippen LogP contribution in [-0.2, 0) is 9.59 Å². The summed E-state index contributed by atoms with van der Waals surface area (Å²) in [5, 5.41) is 13.2. The van der Waals surface area contributed by atoms with Gasteiger partial charge in [0, 0.05) is 23.3 Å². The van der Waals surface area contributed by atoms with Crippen LogP contribution in [0, 0.1) is 19.7 Å². The van der Waals surface area contributed by atoms with Crippen LogP contribution in [0.2, 0.25) is 0 Å².